The Kier molecular flexibility index (Phi) is 4.57. The maximum absolute atomic E-state index is 10.5. The van der Waals surface area contributed by atoms with Crippen LogP contribution in [0.1, 0.15) is 12.5 Å². The number of aliphatic carboxylic acids is 1. The smallest absolute Gasteiger partial charge is 0.320 e. The van der Waals surface area contributed by atoms with Gasteiger partial charge in [0.05, 0.1) is 5.02 Å². The lowest BCUT2D eigenvalue weighted by Gasteiger charge is -2.09. The number of hydrogen-bond donors (Lipinski definition) is 2. The maximum Gasteiger partial charge on any atom is 0.320 e. The zero-order valence-corrected chi connectivity index (χ0v) is 10.5. The minimum atomic E-state index is -0.863. The molecule has 1 atom stereocenters. The van der Waals surface area contributed by atoms with E-state index in [0.717, 1.165) is 10.0 Å². The van der Waals surface area contributed by atoms with Gasteiger partial charge in [0.15, 0.2) is 0 Å². The monoisotopic (exact) mass is 291 g/mol. The summed E-state index contributed by atoms with van der Waals surface area (Å²) in [5.74, 6) is -0.863. The van der Waals surface area contributed by atoms with Crippen LogP contribution in [0.4, 0.5) is 0 Å². The third kappa shape index (κ3) is 3.81. The minimum Gasteiger partial charge on any atom is -0.480 e. The van der Waals surface area contributed by atoms with Gasteiger partial charge in [-0.15, -0.1) is 0 Å². The molecule has 0 aliphatic heterocycles. The van der Waals surface area contributed by atoms with Crippen molar-refractivity contribution in [3.05, 3.63) is 33.3 Å². The second-order valence-corrected chi connectivity index (χ2v) is 4.45. The molecular weight excluding hydrogens is 281 g/mol. The summed E-state index contributed by atoms with van der Waals surface area (Å²) >= 11 is 9.19. The summed E-state index contributed by atoms with van der Waals surface area (Å²) < 4.78 is 0.833. The Morgan fingerprint density at radius 1 is 1.67 bits per heavy atom. The third-order valence-corrected chi connectivity index (χ3v) is 3.20. The fraction of sp³-hybridized carbons (Fsp3) is 0.300. The maximum atomic E-state index is 10.5. The first-order valence-electron chi connectivity index (χ1n) is 4.41. The molecule has 0 fully saturated rings. The molecule has 1 aromatic rings. The average molecular weight is 293 g/mol. The van der Waals surface area contributed by atoms with Gasteiger partial charge in [0, 0.05) is 11.0 Å². The summed E-state index contributed by atoms with van der Waals surface area (Å²) in [6.07, 6.45) is 0. The fourth-order valence-corrected chi connectivity index (χ4v) is 1.46. The summed E-state index contributed by atoms with van der Waals surface area (Å²) in [6.45, 7) is 2.09. The molecule has 1 unspecified atom stereocenters. The van der Waals surface area contributed by atoms with Crippen molar-refractivity contribution >= 4 is 33.5 Å². The number of benzene rings is 1. The Morgan fingerprint density at radius 3 is 2.87 bits per heavy atom. The molecule has 0 saturated heterocycles. The molecule has 0 amide bonds. The van der Waals surface area contributed by atoms with Crippen molar-refractivity contribution in [3.63, 3.8) is 0 Å². The Balaban J connectivity index is 2.58. The number of carboxylic acids is 1. The molecule has 0 saturated carbocycles. The number of nitrogens with one attached hydrogen (secondary N) is 1. The van der Waals surface area contributed by atoms with Gasteiger partial charge < -0.3 is 10.4 Å². The highest BCUT2D eigenvalue weighted by atomic mass is 79.9. The van der Waals surface area contributed by atoms with Crippen LogP contribution in [0, 0.1) is 0 Å². The first-order valence-corrected chi connectivity index (χ1v) is 5.58. The largest absolute Gasteiger partial charge is 0.480 e. The van der Waals surface area contributed by atoms with Crippen LogP contribution in [-0.4, -0.2) is 17.1 Å². The average Bonchev–Trinajstić information content (AvgIpc) is 2.19. The lowest BCUT2D eigenvalue weighted by atomic mass is 10.2. The third-order valence-electron chi connectivity index (χ3n) is 1.97. The van der Waals surface area contributed by atoms with Gasteiger partial charge >= 0.3 is 5.97 Å². The molecule has 0 spiro atoms. The van der Waals surface area contributed by atoms with Gasteiger partial charge in [-0.05, 0) is 40.5 Å². The Morgan fingerprint density at radius 2 is 2.33 bits per heavy atom. The molecule has 0 radical (unpaired) electrons. The predicted octanol–water partition coefficient (Wildman–Crippen LogP) is 2.67. The summed E-state index contributed by atoms with van der Waals surface area (Å²) in [7, 11) is 0. The molecule has 0 bridgehead atoms. The molecule has 3 nitrogen and oxygen atoms in total. The van der Waals surface area contributed by atoms with Crippen molar-refractivity contribution in [2.45, 2.75) is 19.5 Å². The van der Waals surface area contributed by atoms with E-state index in [-0.39, 0.29) is 0 Å². The Bertz CT molecular complexity index is 370. The van der Waals surface area contributed by atoms with Crippen LogP contribution in [0.2, 0.25) is 5.02 Å². The van der Waals surface area contributed by atoms with Crippen LogP contribution in [0.5, 0.6) is 0 Å². The van der Waals surface area contributed by atoms with Crippen molar-refractivity contribution in [1.82, 2.24) is 5.32 Å². The summed E-state index contributed by atoms with van der Waals surface area (Å²) in [5.41, 5.74) is 0.955. The van der Waals surface area contributed by atoms with Crippen molar-refractivity contribution in [3.8, 4) is 0 Å². The van der Waals surface area contributed by atoms with E-state index in [2.05, 4.69) is 21.2 Å². The molecule has 0 aromatic heterocycles. The normalized spacial score (nSPS) is 12.5. The van der Waals surface area contributed by atoms with Crippen molar-refractivity contribution in [2.75, 3.05) is 0 Å². The molecule has 82 valence electrons. The molecular formula is C10H11BrClNO2. The molecule has 15 heavy (non-hydrogen) atoms. The van der Waals surface area contributed by atoms with E-state index in [0.29, 0.717) is 11.6 Å². The molecule has 2 N–H and O–H groups in total. The van der Waals surface area contributed by atoms with Gasteiger partial charge in [-0.3, -0.25) is 4.79 Å². The molecule has 1 aromatic carbocycles. The van der Waals surface area contributed by atoms with Crippen LogP contribution in [0.15, 0.2) is 22.7 Å². The van der Waals surface area contributed by atoms with Crippen LogP contribution < -0.4 is 5.32 Å². The minimum absolute atomic E-state index is 0.487. The highest BCUT2D eigenvalue weighted by molar-refractivity contribution is 9.10. The first kappa shape index (κ1) is 12.5. The topological polar surface area (TPSA) is 49.3 Å². The number of halogens is 2. The summed E-state index contributed by atoms with van der Waals surface area (Å²) in [5, 5.41) is 12.2. The van der Waals surface area contributed by atoms with Crippen LogP contribution in [0.3, 0.4) is 0 Å². The van der Waals surface area contributed by atoms with E-state index >= 15 is 0 Å². The van der Waals surface area contributed by atoms with E-state index in [9.17, 15) is 4.79 Å². The number of hydrogen-bond acceptors (Lipinski definition) is 2. The Labute approximate surface area is 102 Å². The summed E-state index contributed by atoms with van der Waals surface area (Å²) in [4.78, 5) is 10.5. The van der Waals surface area contributed by atoms with Crippen molar-refractivity contribution < 1.29 is 9.90 Å². The quantitative estimate of drug-likeness (QED) is 0.897. The molecule has 1 rings (SSSR count). The zero-order valence-electron chi connectivity index (χ0n) is 8.13. The van der Waals surface area contributed by atoms with Crippen LogP contribution in [0.25, 0.3) is 0 Å². The first-order chi connectivity index (χ1) is 7.00. The lowest BCUT2D eigenvalue weighted by Crippen LogP contribution is -2.33. The van der Waals surface area contributed by atoms with E-state index in [1.807, 2.05) is 12.1 Å². The fourth-order valence-electron chi connectivity index (χ4n) is 1.01. The van der Waals surface area contributed by atoms with Crippen molar-refractivity contribution in [2.24, 2.45) is 0 Å². The SMILES string of the molecule is CC(NCc1ccc(Br)c(Cl)c1)C(=O)O. The standard InChI is InChI=1S/C10H11BrClNO2/c1-6(10(14)15)13-5-7-2-3-8(11)9(12)4-7/h2-4,6,13H,5H2,1H3,(H,14,15). The number of rotatable bonds is 4. The Hall–Kier alpha value is -0.580. The second kappa shape index (κ2) is 5.49. The molecule has 0 heterocycles. The predicted molar refractivity (Wildman–Crippen MR) is 63.1 cm³/mol. The van der Waals surface area contributed by atoms with Gasteiger partial charge in [0.25, 0.3) is 0 Å². The van der Waals surface area contributed by atoms with Crippen molar-refractivity contribution in [1.29, 1.82) is 0 Å². The van der Waals surface area contributed by atoms with E-state index in [1.54, 1.807) is 13.0 Å². The van der Waals surface area contributed by atoms with Gasteiger partial charge in [-0.1, -0.05) is 17.7 Å². The molecule has 0 aliphatic carbocycles. The number of carboxylic acid groups (broad SMARTS) is 1. The highest BCUT2D eigenvalue weighted by Gasteiger charge is 2.09. The van der Waals surface area contributed by atoms with Gasteiger partial charge in [0.1, 0.15) is 6.04 Å². The molecule has 5 heteroatoms. The second-order valence-electron chi connectivity index (χ2n) is 3.19. The summed E-state index contributed by atoms with van der Waals surface area (Å²) in [6, 6.07) is 4.96. The zero-order chi connectivity index (χ0) is 11.4. The van der Waals surface area contributed by atoms with Gasteiger partial charge in [0.2, 0.25) is 0 Å². The van der Waals surface area contributed by atoms with E-state index in [4.69, 9.17) is 16.7 Å². The van der Waals surface area contributed by atoms with E-state index < -0.39 is 12.0 Å². The van der Waals surface area contributed by atoms with Crippen LogP contribution in [-0.2, 0) is 11.3 Å². The lowest BCUT2D eigenvalue weighted by molar-refractivity contribution is -0.139. The van der Waals surface area contributed by atoms with Gasteiger partial charge in [-0.2, -0.15) is 0 Å². The van der Waals surface area contributed by atoms with Crippen LogP contribution >= 0.6 is 27.5 Å². The number of carbonyl (C=O) groups is 1. The van der Waals surface area contributed by atoms with E-state index in [1.165, 1.54) is 0 Å². The molecule has 0 aliphatic rings. The highest BCUT2D eigenvalue weighted by Crippen LogP contribution is 2.23. The van der Waals surface area contributed by atoms with Gasteiger partial charge in [-0.25, -0.2) is 0 Å².